The summed E-state index contributed by atoms with van der Waals surface area (Å²) in [6.07, 6.45) is 8.23. The van der Waals surface area contributed by atoms with Gasteiger partial charge in [0.1, 0.15) is 17.6 Å². The number of rotatable bonds is 9. The summed E-state index contributed by atoms with van der Waals surface area (Å²) in [5.41, 5.74) is 2.97. The van der Waals surface area contributed by atoms with Gasteiger partial charge in [-0.1, -0.05) is 34.5 Å². The molecule has 2 aliphatic rings. The molecule has 2 saturated heterocycles. The number of benzene rings is 2. The molecule has 0 saturated carbocycles. The Kier molecular flexibility index (Phi) is 9.86. The van der Waals surface area contributed by atoms with Crippen LogP contribution in [0, 0.1) is 24.1 Å². The molecule has 0 unspecified atom stereocenters. The van der Waals surface area contributed by atoms with Gasteiger partial charge in [0.25, 0.3) is 0 Å². The van der Waals surface area contributed by atoms with Crippen LogP contribution >= 0.6 is 23.2 Å². The van der Waals surface area contributed by atoms with Crippen molar-refractivity contribution in [2.24, 2.45) is 0 Å². The first kappa shape index (κ1) is 35.1. The molecule has 3 aromatic heterocycles. The Morgan fingerprint density at radius 2 is 1.98 bits per heavy atom. The number of pyridine rings is 1. The number of ether oxygens (including phenoxy) is 1. The molecule has 2 aromatic carbocycles. The van der Waals surface area contributed by atoms with Gasteiger partial charge < -0.3 is 19.4 Å². The lowest BCUT2D eigenvalue weighted by atomic mass is 9.94. The maximum Gasteiger partial charge on any atom is 0.246 e. The molecule has 0 bridgehead atoms. The lowest BCUT2D eigenvalue weighted by molar-refractivity contribution is -0.130. The third kappa shape index (κ3) is 6.50. The lowest BCUT2D eigenvalue weighted by Gasteiger charge is -2.38. The fourth-order valence-corrected chi connectivity index (χ4v) is 7.97. The highest BCUT2D eigenvalue weighted by Crippen LogP contribution is 2.45. The number of nitriles is 1. The van der Waals surface area contributed by atoms with Gasteiger partial charge in [-0.25, -0.2) is 14.1 Å². The quantitative estimate of drug-likeness (QED) is 0.173. The Balaban J connectivity index is 1.35. The fraction of sp³-hybridized carbons (Fsp3) is 0.444. The number of piperidine rings is 1. The summed E-state index contributed by atoms with van der Waals surface area (Å²) in [5, 5.41) is 27.7. The Labute approximate surface area is 304 Å². The number of carbonyl (C=O) groups is 1. The van der Waals surface area contributed by atoms with E-state index in [1.807, 2.05) is 32.0 Å². The van der Waals surface area contributed by atoms with Gasteiger partial charge in [-0.05, 0) is 78.0 Å². The maximum atomic E-state index is 17.2. The summed E-state index contributed by atoms with van der Waals surface area (Å²) in [6.45, 7) is 4.19. The minimum absolute atomic E-state index is 0.0588. The van der Waals surface area contributed by atoms with E-state index in [1.165, 1.54) is 0 Å². The summed E-state index contributed by atoms with van der Waals surface area (Å²) < 4.78 is 25.3. The van der Waals surface area contributed by atoms with Crippen LogP contribution in [0.3, 0.4) is 0 Å². The van der Waals surface area contributed by atoms with Gasteiger partial charge in [-0.2, -0.15) is 10.4 Å². The number of H-pyrrole nitrogens is 1. The number of hydrogen-bond acceptors (Lipinski definition) is 9. The molecule has 266 valence electrons. The van der Waals surface area contributed by atoms with Gasteiger partial charge in [-0.15, -0.1) is 5.10 Å². The third-order valence-corrected chi connectivity index (χ3v) is 10.9. The predicted octanol–water partition coefficient (Wildman–Crippen LogP) is 6.31. The first-order valence-electron chi connectivity index (χ1n) is 17.1. The van der Waals surface area contributed by atoms with Crippen LogP contribution in [-0.2, 0) is 4.79 Å². The van der Waals surface area contributed by atoms with E-state index in [1.54, 1.807) is 34.0 Å². The topological polar surface area (TPSA) is 132 Å². The number of fused-ring (bicyclic) bond motifs is 4. The van der Waals surface area contributed by atoms with E-state index in [9.17, 15) is 10.1 Å². The Morgan fingerprint density at radius 1 is 1.16 bits per heavy atom. The van der Waals surface area contributed by atoms with Crippen molar-refractivity contribution in [3.05, 3.63) is 51.9 Å². The van der Waals surface area contributed by atoms with Crippen LogP contribution in [0.5, 0.6) is 5.88 Å². The molecule has 2 fully saturated rings. The first-order valence-corrected chi connectivity index (χ1v) is 17.8. The van der Waals surface area contributed by atoms with Crippen molar-refractivity contribution in [3.63, 3.8) is 0 Å². The Bertz CT molecular complexity index is 2210. The fourth-order valence-electron chi connectivity index (χ4n) is 7.48. The molecular formula is C36H39Cl2FN10O2. The second-order valence-electron chi connectivity index (χ2n) is 13.8. The smallest absolute Gasteiger partial charge is 0.246 e. The summed E-state index contributed by atoms with van der Waals surface area (Å²) in [4.78, 5) is 23.9. The minimum atomic E-state index is -0.630. The normalized spacial score (nSPS) is 20.1. The highest BCUT2D eigenvalue weighted by Gasteiger charge is 2.34. The van der Waals surface area contributed by atoms with Gasteiger partial charge in [0.05, 0.1) is 35.3 Å². The number of hydrogen-bond donors (Lipinski definition) is 1. The van der Waals surface area contributed by atoms with Gasteiger partial charge in [0.2, 0.25) is 11.8 Å². The monoisotopic (exact) mass is 732 g/mol. The zero-order chi connectivity index (χ0) is 36.0. The Hall–Kier alpha value is -4.35. The molecule has 5 aromatic rings. The predicted molar refractivity (Wildman–Crippen MR) is 195 cm³/mol. The van der Waals surface area contributed by atoms with Crippen LogP contribution in [0.2, 0.25) is 10.0 Å². The summed E-state index contributed by atoms with van der Waals surface area (Å²) in [5.74, 6) is -0.583. The van der Waals surface area contributed by atoms with E-state index >= 15 is 4.39 Å². The molecule has 5 heterocycles. The van der Waals surface area contributed by atoms with E-state index < -0.39 is 5.82 Å². The van der Waals surface area contributed by atoms with Crippen molar-refractivity contribution < 1.29 is 13.9 Å². The number of nitrogens with one attached hydrogen (secondary N) is 1. The number of likely N-dealkylation sites (N-methyl/N-ethyl adjacent to an activating group) is 2. The number of carbonyl (C=O) groups excluding carboxylic acids is 1. The molecule has 12 nitrogen and oxygen atoms in total. The van der Waals surface area contributed by atoms with Crippen molar-refractivity contribution in [2.45, 2.75) is 57.2 Å². The van der Waals surface area contributed by atoms with Crippen LogP contribution < -0.4 is 4.74 Å². The van der Waals surface area contributed by atoms with Crippen molar-refractivity contribution in [1.82, 2.24) is 44.9 Å². The summed E-state index contributed by atoms with van der Waals surface area (Å²) in [7, 11) is 5.92. The number of nitrogens with zero attached hydrogens (tertiary/aromatic N) is 9. The van der Waals surface area contributed by atoms with E-state index in [4.69, 9.17) is 32.9 Å². The average Bonchev–Trinajstić information content (AvgIpc) is 3.86. The van der Waals surface area contributed by atoms with Crippen molar-refractivity contribution in [1.29, 1.82) is 5.26 Å². The highest BCUT2D eigenvalue weighted by molar-refractivity contribution is 6.36. The van der Waals surface area contributed by atoms with Crippen LogP contribution in [0.25, 0.3) is 44.0 Å². The number of aromatic amines is 1. The largest absolute Gasteiger partial charge is 0.474 e. The standard InChI is InChI=1S/C36H39Cl2FN10O2/c1-20-26(37)17-28-25(18-41-43-28)30(20)31-27(38)16-24-33(32(31)39)42-36(51-19-23-7-5-13-47(23)4)34-35(24)49(45-44-34)22-10-14-48(21(15-22)9-11-40)29(50)8-6-12-46(2)3/h6,8,16-18,21-23H,5,7,9-10,12-15,19H2,1-4H3,(H,41,43)/b8-6+/t21-,22+,23+/m1/s1. The molecule has 3 atom stereocenters. The van der Waals surface area contributed by atoms with E-state index in [0.29, 0.717) is 76.0 Å². The molecule has 0 spiro atoms. The SMILES string of the molecule is Cc1c(Cl)cc2[nH]ncc2c1-c1c(Cl)cc2c(nc(OC[C@@H]3CCCN3C)c3nnn([C@H]4CCN(C(=O)/C=C/CN(C)C)[C@H](CC#N)C4)c32)c1F. The summed E-state index contributed by atoms with van der Waals surface area (Å²) in [6, 6.07) is 5.30. The van der Waals surface area contributed by atoms with Gasteiger partial charge in [0, 0.05) is 58.2 Å². The molecule has 0 radical (unpaired) electrons. The van der Waals surface area contributed by atoms with Crippen molar-refractivity contribution >= 4 is 61.9 Å². The van der Waals surface area contributed by atoms with Gasteiger partial charge in [0.15, 0.2) is 11.3 Å². The summed E-state index contributed by atoms with van der Waals surface area (Å²) >= 11 is 13.6. The second kappa shape index (κ2) is 14.3. The maximum absolute atomic E-state index is 17.2. The van der Waals surface area contributed by atoms with Crippen LogP contribution in [0.1, 0.15) is 43.7 Å². The molecule has 0 aliphatic carbocycles. The molecule has 51 heavy (non-hydrogen) atoms. The molecule has 1 amide bonds. The van der Waals surface area contributed by atoms with E-state index in [-0.39, 0.29) is 52.4 Å². The van der Waals surface area contributed by atoms with Crippen LogP contribution in [0.4, 0.5) is 4.39 Å². The van der Waals surface area contributed by atoms with Crippen molar-refractivity contribution in [2.75, 3.05) is 47.4 Å². The molecule has 7 rings (SSSR count). The number of aromatic nitrogens is 6. The molecule has 2 aliphatic heterocycles. The Morgan fingerprint density at radius 3 is 2.73 bits per heavy atom. The van der Waals surface area contributed by atoms with Gasteiger partial charge >= 0.3 is 0 Å². The second-order valence-corrected chi connectivity index (χ2v) is 14.6. The number of halogens is 3. The number of amides is 1. The van der Waals surface area contributed by atoms with Crippen LogP contribution in [-0.4, -0.2) is 110 Å². The lowest BCUT2D eigenvalue weighted by Crippen LogP contribution is -2.46. The number of likely N-dealkylation sites (tertiary alicyclic amines) is 2. The molecular weight excluding hydrogens is 694 g/mol. The van der Waals surface area contributed by atoms with E-state index in [0.717, 1.165) is 19.4 Å². The highest BCUT2D eigenvalue weighted by atomic mass is 35.5. The minimum Gasteiger partial charge on any atom is -0.474 e. The zero-order valence-electron chi connectivity index (χ0n) is 29.0. The van der Waals surface area contributed by atoms with Crippen LogP contribution in [0.15, 0.2) is 30.5 Å². The first-order chi connectivity index (χ1) is 24.6. The molecule has 15 heteroatoms. The van der Waals surface area contributed by atoms with Gasteiger partial charge in [-0.3, -0.25) is 9.89 Å². The van der Waals surface area contributed by atoms with E-state index in [2.05, 4.69) is 38.5 Å². The zero-order valence-corrected chi connectivity index (χ0v) is 30.5. The third-order valence-electron chi connectivity index (χ3n) is 10.2. The van der Waals surface area contributed by atoms with Crippen molar-refractivity contribution in [3.8, 4) is 23.1 Å². The average molecular weight is 734 g/mol. The molecule has 1 N–H and O–H groups in total.